The summed E-state index contributed by atoms with van der Waals surface area (Å²) in [5.74, 6) is -0.374. The first-order chi connectivity index (χ1) is 12.6. The van der Waals surface area contributed by atoms with Gasteiger partial charge in [-0.1, -0.05) is 30.3 Å². The Hall–Kier alpha value is -2.86. The summed E-state index contributed by atoms with van der Waals surface area (Å²) in [6.45, 7) is 1.72. The van der Waals surface area contributed by atoms with Gasteiger partial charge in [-0.15, -0.1) is 0 Å². The molecule has 3 rings (SSSR count). The Morgan fingerprint density at radius 1 is 1.08 bits per heavy atom. The van der Waals surface area contributed by atoms with Crippen LogP contribution in [0.5, 0.6) is 0 Å². The van der Waals surface area contributed by atoms with Crippen LogP contribution in [0.15, 0.2) is 54.6 Å². The minimum absolute atomic E-state index is 0.109. The zero-order valence-electron chi connectivity index (χ0n) is 14.7. The maximum absolute atomic E-state index is 12.1. The number of nitrogens with zero attached hydrogens (tertiary/aromatic N) is 1. The number of rotatable bonds is 7. The van der Waals surface area contributed by atoms with Gasteiger partial charge in [-0.3, -0.25) is 14.5 Å². The predicted molar refractivity (Wildman–Crippen MR) is 103 cm³/mol. The number of benzene rings is 2. The maximum atomic E-state index is 12.1. The van der Waals surface area contributed by atoms with Crippen LogP contribution in [0.3, 0.4) is 0 Å². The van der Waals surface area contributed by atoms with Crippen molar-refractivity contribution >= 4 is 23.2 Å². The largest absolute Gasteiger partial charge is 0.376 e. The summed E-state index contributed by atoms with van der Waals surface area (Å²) in [7, 11) is 0. The maximum Gasteiger partial charge on any atom is 0.243 e. The molecule has 26 heavy (non-hydrogen) atoms. The van der Waals surface area contributed by atoms with E-state index in [1.807, 2.05) is 54.6 Å². The molecule has 2 amide bonds. The van der Waals surface area contributed by atoms with Crippen molar-refractivity contribution in [3.05, 3.63) is 60.2 Å². The van der Waals surface area contributed by atoms with Crippen LogP contribution in [0, 0.1) is 0 Å². The van der Waals surface area contributed by atoms with Crippen LogP contribution in [-0.2, 0) is 16.1 Å². The average Bonchev–Trinajstić information content (AvgIpc) is 3.09. The van der Waals surface area contributed by atoms with Crippen LogP contribution >= 0.6 is 0 Å². The zero-order valence-corrected chi connectivity index (χ0v) is 14.7. The first kappa shape index (κ1) is 17.9. The molecule has 4 N–H and O–H groups in total. The van der Waals surface area contributed by atoms with Crippen molar-refractivity contribution in [1.29, 1.82) is 0 Å². The molecule has 1 fully saturated rings. The number of carbonyl (C=O) groups excluding carboxylic acids is 2. The second kappa shape index (κ2) is 8.49. The van der Waals surface area contributed by atoms with Gasteiger partial charge in [0.1, 0.15) is 0 Å². The molecule has 2 aromatic rings. The van der Waals surface area contributed by atoms with Crippen molar-refractivity contribution in [2.75, 3.05) is 23.7 Å². The quantitative estimate of drug-likeness (QED) is 0.713. The van der Waals surface area contributed by atoms with Crippen LogP contribution < -0.4 is 16.4 Å². The summed E-state index contributed by atoms with van der Waals surface area (Å²) in [5, 5.41) is 5.98. The van der Waals surface area contributed by atoms with Gasteiger partial charge < -0.3 is 16.4 Å². The molecule has 1 aliphatic rings. The van der Waals surface area contributed by atoms with Crippen molar-refractivity contribution < 1.29 is 9.59 Å². The number of primary amides is 1. The van der Waals surface area contributed by atoms with E-state index in [9.17, 15) is 9.59 Å². The van der Waals surface area contributed by atoms with Gasteiger partial charge in [0.15, 0.2) is 0 Å². The number of para-hydroxylation sites is 1. The van der Waals surface area contributed by atoms with Crippen LogP contribution in [0.1, 0.15) is 18.4 Å². The van der Waals surface area contributed by atoms with Gasteiger partial charge in [-0.05, 0) is 49.2 Å². The van der Waals surface area contributed by atoms with E-state index in [2.05, 4.69) is 15.5 Å². The highest BCUT2D eigenvalue weighted by molar-refractivity contribution is 5.93. The van der Waals surface area contributed by atoms with Gasteiger partial charge >= 0.3 is 0 Å². The fourth-order valence-corrected chi connectivity index (χ4v) is 3.26. The summed E-state index contributed by atoms with van der Waals surface area (Å²) in [6, 6.07) is 17.1. The lowest BCUT2D eigenvalue weighted by Gasteiger charge is -2.22. The molecule has 0 aromatic heterocycles. The van der Waals surface area contributed by atoms with Crippen LogP contribution in [0.4, 0.5) is 11.4 Å². The van der Waals surface area contributed by atoms with Crippen molar-refractivity contribution in [2.24, 2.45) is 5.73 Å². The highest BCUT2D eigenvalue weighted by Gasteiger charge is 2.28. The summed E-state index contributed by atoms with van der Waals surface area (Å²) >= 11 is 0. The van der Waals surface area contributed by atoms with Crippen LogP contribution in [-0.4, -0.2) is 35.8 Å². The molecule has 1 aliphatic heterocycles. The van der Waals surface area contributed by atoms with E-state index in [1.54, 1.807) is 0 Å². The Balaban J connectivity index is 1.55. The van der Waals surface area contributed by atoms with Crippen molar-refractivity contribution in [3.63, 3.8) is 0 Å². The van der Waals surface area contributed by atoms with Gasteiger partial charge in [0.05, 0.1) is 12.6 Å². The van der Waals surface area contributed by atoms with Crippen molar-refractivity contribution in [2.45, 2.75) is 25.4 Å². The normalized spacial score (nSPS) is 17.0. The minimum Gasteiger partial charge on any atom is -0.376 e. The highest BCUT2D eigenvalue weighted by atomic mass is 16.2. The molecule has 0 aliphatic carbocycles. The first-order valence-electron chi connectivity index (χ1n) is 8.83. The number of hydrogen-bond donors (Lipinski definition) is 3. The predicted octanol–water partition coefficient (Wildman–Crippen LogP) is 2.19. The summed E-state index contributed by atoms with van der Waals surface area (Å²) in [4.78, 5) is 25.8. The fourth-order valence-electron chi connectivity index (χ4n) is 3.26. The van der Waals surface area contributed by atoms with E-state index < -0.39 is 0 Å². The number of likely N-dealkylation sites (tertiary alicyclic amines) is 1. The second-order valence-corrected chi connectivity index (χ2v) is 6.50. The molecular weight excluding hydrogens is 328 g/mol. The highest BCUT2D eigenvalue weighted by Crippen LogP contribution is 2.21. The van der Waals surface area contributed by atoms with E-state index in [4.69, 9.17) is 5.73 Å². The van der Waals surface area contributed by atoms with Gasteiger partial charge in [-0.2, -0.15) is 0 Å². The van der Waals surface area contributed by atoms with Gasteiger partial charge in [0.25, 0.3) is 0 Å². The Morgan fingerprint density at radius 3 is 2.62 bits per heavy atom. The molecule has 0 spiro atoms. The minimum atomic E-state index is -0.265. The lowest BCUT2D eigenvalue weighted by Crippen LogP contribution is -2.39. The fraction of sp³-hybridized carbons (Fsp3) is 0.300. The Labute approximate surface area is 153 Å². The molecular formula is C20H24N4O2. The number of nitrogens with one attached hydrogen (secondary N) is 2. The van der Waals surface area contributed by atoms with Gasteiger partial charge in [0, 0.05) is 17.9 Å². The molecule has 1 atom stereocenters. The van der Waals surface area contributed by atoms with Crippen LogP contribution in [0.2, 0.25) is 0 Å². The van der Waals surface area contributed by atoms with Crippen LogP contribution in [0.25, 0.3) is 0 Å². The Morgan fingerprint density at radius 2 is 1.85 bits per heavy atom. The Bertz CT molecular complexity index is 763. The SMILES string of the molecule is NC(=O)C1CCCN1Cc1cccc(NC(=O)CNc2ccccc2)c1. The topological polar surface area (TPSA) is 87.5 Å². The molecule has 0 radical (unpaired) electrons. The molecule has 1 saturated heterocycles. The average molecular weight is 352 g/mol. The van der Waals surface area contributed by atoms with Crippen molar-refractivity contribution in [3.8, 4) is 0 Å². The molecule has 136 valence electrons. The zero-order chi connectivity index (χ0) is 18.4. The monoisotopic (exact) mass is 352 g/mol. The molecule has 0 saturated carbocycles. The summed E-state index contributed by atoms with van der Waals surface area (Å²) < 4.78 is 0. The molecule has 1 unspecified atom stereocenters. The number of carbonyl (C=O) groups is 2. The molecule has 6 nitrogen and oxygen atoms in total. The molecule has 6 heteroatoms. The third kappa shape index (κ3) is 4.83. The smallest absolute Gasteiger partial charge is 0.243 e. The number of nitrogens with two attached hydrogens (primary N) is 1. The van der Waals surface area contributed by atoms with E-state index in [0.29, 0.717) is 6.54 Å². The number of anilines is 2. The van der Waals surface area contributed by atoms with E-state index >= 15 is 0 Å². The van der Waals surface area contributed by atoms with Gasteiger partial charge in [-0.25, -0.2) is 0 Å². The lowest BCUT2D eigenvalue weighted by molar-refractivity contribution is -0.122. The standard InChI is InChI=1S/C20H24N4O2/c21-20(26)18-10-5-11-24(18)14-15-6-4-9-17(12-15)23-19(25)13-22-16-7-2-1-3-8-16/h1-4,6-9,12,18,22H,5,10-11,13-14H2,(H2,21,26)(H,23,25). The summed E-state index contributed by atoms with van der Waals surface area (Å²) in [6.07, 6.45) is 1.80. The molecule has 2 aromatic carbocycles. The number of hydrogen-bond acceptors (Lipinski definition) is 4. The first-order valence-corrected chi connectivity index (χ1v) is 8.83. The third-order valence-electron chi connectivity index (χ3n) is 4.52. The lowest BCUT2D eigenvalue weighted by atomic mass is 10.1. The molecule has 1 heterocycles. The summed E-state index contributed by atoms with van der Waals surface area (Å²) in [5.41, 5.74) is 8.18. The van der Waals surface area contributed by atoms with Crippen molar-refractivity contribution in [1.82, 2.24) is 4.90 Å². The second-order valence-electron chi connectivity index (χ2n) is 6.50. The number of amides is 2. The van der Waals surface area contributed by atoms with E-state index in [1.165, 1.54) is 0 Å². The third-order valence-corrected chi connectivity index (χ3v) is 4.52. The molecule has 0 bridgehead atoms. The Kier molecular flexibility index (Phi) is 5.86. The van der Waals surface area contributed by atoms with Gasteiger partial charge in [0.2, 0.25) is 11.8 Å². The van der Waals surface area contributed by atoms with E-state index in [0.717, 1.165) is 36.3 Å². The van der Waals surface area contributed by atoms with E-state index in [-0.39, 0.29) is 24.4 Å².